The Balaban J connectivity index is 0.00000192. The van der Waals surface area contributed by atoms with Crippen LogP contribution in [0.1, 0.15) is 31.1 Å². The van der Waals surface area contributed by atoms with E-state index in [1.165, 1.54) is 4.88 Å². The highest BCUT2D eigenvalue weighted by atomic mass is 35.5. The Hall–Kier alpha value is -1.43. The van der Waals surface area contributed by atoms with Crippen LogP contribution in [0, 0.1) is 5.92 Å². The summed E-state index contributed by atoms with van der Waals surface area (Å²) in [6, 6.07) is 10.2. The topological polar surface area (TPSA) is 54.0 Å². The molecule has 1 unspecified atom stereocenters. The minimum absolute atomic E-state index is 0. The Bertz CT molecular complexity index is 651. The van der Waals surface area contributed by atoms with Crippen molar-refractivity contribution in [2.75, 3.05) is 18.4 Å². The van der Waals surface area contributed by atoms with Gasteiger partial charge in [-0.3, -0.25) is 4.79 Å². The van der Waals surface area contributed by atoms with Gasteiger partial charge in [0, 0.05) is 17.0 Å². The molecule has 0 saturated carbocycles. The zero-order chi connectivity index (χ0) is 15.5. The van der Waals surface area contributed by atoms with E-state index < -0.39 is 0 Å². The molecule has 1 atom stereocenters. The third-order valence-electron chi connectivity index (χ3n) is 3.89. The Labute approximate surface area is 147 Å². The monoisotopic (exact) mass is 351 g/mol. The first-order chi connectivity index (χ1) is 10.6. The molecule has 1 amide bonds. The fourth-order valence-electron chi connectivity index (χ4n) is 2.67. The molecule has 23 heavy (non-hydrogen) atoms. The van der Waals surface area contributed by atoms with E-state index in [2.05, 4.69) is 41.6 Å². The molecular formula is C17H22ClN3OS. The maximum atomic E-state index is 12.3. The van der Waals surface area contributed by atoms with E-state index in [4.69, 9.17) is 0 Å². The lowest BCUT2D eigenvalue weighted by atomic mass is 10.1. The summed E-state index contributed by atoms with van der Waals surface area (Å²) in [5.74, 6) is 0.520. The Morgan fingerprint density at radius 3 is 2.70 bits per heavy atom. The average Bonchev–Trinajstić information content (AvgIpc) is 3.17. The van der Waals surface area contributed by atoms with Crippen LogP contribution in [-0.2, 0) is 4.79 Å². The van der Waals surface area contributed by atoms with Crippen molar-refractivity contribution < 1.29 is 4.79 Å². The highest BCUT2D eigenvalue weighted by Gasteiger charge is 2.24. The number of anilines is 1. The minimum Gasteiger partial charge on any atom is -0.316 e. The molecule has 2 N–H and O–H groups in total. The van der Waals surface area contributed by atoms with Crippen molar-refractivity contribution in [1.82, 2.24) is 10.3 Å². The van der Waals surface area contributed by atoms with Crippen LogP contribution in [0.15, 0.2) is 30.3 Å². The van der Waals surface area contributed by atoms with E-state index in [1.54, 1.807) is 11.3 Å². The second kappa shape index (κ2) is 7.90. The molecule has 1 aliphatic rings. The van der Waals surface area contributed by atoms with Crippen molar-refractivity contribution in [3.8, 4) is 11.3 Å². The second-order valence-electron chi connectivity index (χ2n) is 5.93. The summed E-state index contributed by atoms with van der Waals surface area (Å²) in [5, 5.41) is 6.93. The normalized spacial score (nSPS) is 17.1. The summed E-state index contributed by atoms with van der Waals surface area (Å²) in [5.41, 5.74) is 2.09. The van der Waals surface area contributed by atoms with Gasteiger partial charge >= 0.3 is 0 Å². The predicted molar refractivity (Wildman–Crippen MR) is 98.5 cm³/mol. The summed E-state index contributed by atoms with van der Waals surface area (Å²) >= 11 is 1.59. The van der Waals surface area contributed by atoms with Crippen molar-refractivity contribution in [3.63, 3.8) is 0 Å². The quantitative estimate of drug-likeness (QED) is 0.878. The lowest BCUT2D eigenvalue weighted by molar-refractivity contribution is -0.119. The van der Waals surface area contributed by atoms with Gasteiger partial charge < -0.3 is 10.6 Å². The van der Waals surface area contributed by atoms with Gasteiger partial charge in [0.2, 0.25) is 5.91 Å². The van der Waals surface area contributed by atoms with E-state index in [0.717, 1.165) is 30.8 Å². The summed E-state index contributed by atoms with van der Waals surface area (Å²) in [6.07, 6.45) is 0.903. The first-order valence-corrected chi connectivity index (χ1v) is 8.54. The molecule has 124 valence electrons. The van der Waals surface area contributed by atoms with Gasteiger partial charge in [0.05, 0.1) is 11.6 Å². The lowest BCUT2D eigenvalue weighted by Crippen LogP contribution is -2.24. The van der Waals surface area contributed by atoms with Crippen LogP contribution in [-0.4, -0.2) is 24.0 Å². The molecule has 1 aromatic heterocycles. The molecule has 1 aliphatic heterocycles. The molecule has 0 radical (unpaired) electrons. The third kappa shape index (κ3) is 4.10. The molecular weight excluding hydrogens is 330 g/mol. The Kier molecular flexibility index (Phi) is 6.16. The Morgan fingerprint density at radius 2 is 2.09 bits per heavy atom. The lowest BCUT2D eigenvalue weighted by Gasteiger charge is -2.06. The van der Waals surface area contributed by atoms with Crippen molar-refractivity contribution >= 4 is 34.8 Å². The van der Waals surface area contributed by atoms with E-state index in [1.807, 2.05) is 18.2 Å². The van der Waals surface area contributed by atoms with Crippen molar-refractivity contribution in [2.45, 2.75) is 26.2 Å². The van der Waals surface area contributed by atoms with Crippen molar-refractivity contribution in [2.24, 2.45) is 5.92 Å². The number of nitrogens with one attached hydrogen (secondary N) is 2. The number of rotatable bonds is 4. The predicted octanol–water partition coefficient (Wildman–Crippen LogP) is 3.90. The highest BCUT2D eigenvalue weighted by molar-refractivity contribution is 7.16. The van der Waals surface area contributed by atoms with Gasteiger partial charge in [0.25, 0.3) is 0 Å². The molecule has 0 bridgehead atoms. The van der Waals surface area contributed by atoms with Gasteiger partial charge in [-0.15, -0.1) is 23.7 Å². The molecule has 2 aromatic rings. The van der Waals surface area contributed by atoms with Gasteiger partial charge in [0.1, 0.15) is 0 Å². The molecule has 1 aromatic carbocycles. The van der Waals surface area contributed by atoms with E-state index >= 15 is 0 Å². The van der Waals surface area contributed by atoms with Crippen LogP contribution in [0.5, 0.6) is 0 Å². The molecule has 4 nitrogen and oxygen atoms in total. The molecule has 6 heteroatoms. The number of halogens is 1. The summed E-state index contributed by atoms with van der Waals surface area (Å²) in [7, 11) is 0. The molecule has 0 aliphatic carbocycles. The number of benzene rings is 1. The van der Waals surface area contributed by atoms with Gasteiger partial charge in [-0.05, 0) is 18.9 Å². The summed E-state index contributed by atoms with van der Waals surface area (Å²) < 4.78 is 0. The molecule has 3 rings (SSSR count). The van der Waals surface area contributed by atoms with E-state index in [-0.39, 0.29) is 24.2 Å². The molecule has 0 spiro atoms. The first kappa shape index (κ1) is 17.9. The number of hydrogen-bond donors (Lipinski definition) is 2. The van der Waals surface area contributed by atoms with Crippen LogP contribution in [0.3, 0.4) is 0 Å². The van der Waals surface area contributed by atoms with Crippen LogP contribution in [0.25, 0.3) is 11.3 Å². The minimum atomic E-state index is 0. The van der Waals surface area contributed by atoms with Gasteiger partial charge in [0.15, 0.2) is 5.13 Å². The molecule has 1 fully saturated rings. The number of carbonyl (C=O) groups is 1. The zero-order valence-corrected chi connectivity index (χ0v) is 15.0. The smallest absolute Gasteiger partial charge is 0.230 e. The first-order valence-electron chi connectivity index (χ1n) is 7.73. The van der Waals surface area contributed by atoms with Gasteiger partial charge in [-0.25, -0.2) is 4.98 Å². The average molecular weight is 352 g/mol. The van der Waals surface area contributed by atoms with Crippen LogP contribution >= 0.6 is 23.7 Å². The highest BCUT2D eigenvalue weighted by Crippen LogP contribution is 2.36. The van der Waals surface area contributed by atoms with E-state index in [9.17, 15) is 4.79 Å². The third-order valence-corrected chi connectivity index (χ3v) is 5.16. The largest absolute Gasteiger partial charge is 0.316 e. The standard InChI is InChI=1S/C17H21N3OS.ClH/c1-11(2)15-14(12-6-4-3-5-7-12)19-17(22-15)20-16(21)13-8-9-18-10-13;/h3-7,11,13,18H,8-10H2,1-2H3,(H,19,20,21);1H. The number of carbonyl (C=O) groups excluding carboxylic acids is 1. The SMILES string of the molecule is CC(C)c1sc(NC(=O)C2CCNC2)nc1-c1ccccc1.Cl. The Morgan fingerprint density at radius 1 is 1.35 bits per heavy atom. The van der Waals surface area contributed by atoms with Crippen molar-refractivity contribution in [1.29, 1.82) is 0 Å². The van der Waals surface area contributed by atoms with Crippen LogP contribution in [0.2, 0.25) is 0 Å². The van der Waals surface area contributed by atoms with E-state index in [0.29, 0.717) is 11.0 Å². The van der Waals surface area contributed by atoms with Crippen LogP contribution < -0.4 is 10.6 Å². The fourth-order valence-corrected chi connectivity index (χ4v) is 3.66. The van der Waals surface area contributed by atoms with Crippen LogP contribution in [0.4, 0.5) is 5.13 Å². The number of nitrogens with zero attached hydrogens (tertiary/aromatic N) is 1. The zero-order valence-electron chi connectivity index (χ0n) is 13.3. The number of hydrogen-bond acceptors (Lipinski definition) is 4. The number of aromatic nitrogens is 1. The number of thiazole rings is 1. The maximum absolute atomic E-state index is 12.3. The number of amides is 1. The van der Waals surface area contributed by atoms with Crippen molar-refractivity contribution in [3.05, 3.63) is 35.2 Å². The second-order valence-corrected chi connectivity index (χ2v) is 6.96. The fraction of sp³-hybridized carbons (Fsp3) is 0.412. The molecule has 2 heterocycles. The van der Waals surface area contributed by atoms with Gasteiger partial charge in [-0.2, -0.15) is 0 Å². The summed E-state index contributed by atoms with van der Waals surface area (Å²) in [6.45, 7) is 6.00. The summed E-state index contributed by atoms with van der Waals surface area (Å²) in [4.78, 5) is 18.2. The molecule has 1 saturated heterocycles. The maximum Gasteiger partial charge on any atom is 0.230 e. The van der Waals surface area contributed by atoms with Gasteiger partial charge in [-0.1, -0.05) is 44.2 Å².